The molecule has 23 heavy (non-hydrogen) atoms. The summed E-state index contributed by atoms with van der Waals surface area (Å²) in [7, 11) is 0. The monoisotopic (exact) mass is 328 g/mol. The largest absolute Gasteiger partial charge is 0.492 e. The zero-order chi connectivity index (χ0) is 16.4. The third-order valence-electron chi connectivity index (χ3n) is 4.18. The molecular formula is C18H17FN2OS. The number of fused-ring (bicyclic) bond motifs is 1. The Balaban J connectivity index is 1.89. The van der Waals surface area contributed by atoms with Gasteiger partial charge in [-0.05, 0) is 60.9 Å². The molecule has 0 bridgehead atoms. The van der Waals surface area contributed by atoms with E-state index >= 15 is 0 Å². The number of hydrogen-bond donors (Lipinski definition) is 1. The normalized spacial score (nSPS) is 13.4. The second-order valence-electron chi connectivity index (χ2n) is 5.76. The minimum Gasteiger partial charge on any atom is -0.492 e. The van der Waals surface area contributed by atoms with Crippen molar-refractivity contribution in [2.24, 2.45) is 0 Å². The Kier molecular flexibility index (Phi) is 4.53. The van der Waals surface area contributed by atoms with Crippen molar-refractivity contribution in [1.82, 2.24) is 4.98 Å². The van der Waals surface area contributed by atoms with Crippen LogP contribution in [0.2, 0.25) is 0 Å². The van der Waals surface area contributed by atoms with Crippen molar-refractivity contribution in [1.29, 1.82) is 5.26 Å². The molecule has 0 saturated carbocycles. The van der Waals surface area contributed by atoms with Crippen LogP contribution in [-0.2, 0) is 18.6 Å². The minimum absolute atomic E-state index is 0.189. The van der Waals surface area contributed by atoms with Crippen LogP contribution in [0.15, 0.2) is 23.2 Å². The summed E-state index contributed by atoms with van der Waals surface area (Å²) >= 11 is 1.49. The van der Waals surface area contributed by atoms with E-state index in [0.29, 0.717) is 16.9 Å². The first-order chi connectivity index (χ1) is 11.1. The molecule has 1 heterocycles. The van der Waals surface area contributed by atoms with E-state index in [-0.39, 0.29) is 11.7 Å². The van der Waals surface area contributed by atoms with Crippen molar-refractivity contribution in [2.75, 3.05) is 0 Å². The SMILES string of the molecule is Cc1ccc(CSc2nc(O)c(C#N)c3c2CCCC3)cc1F. The molecule has 0 amide bonds. The Labute approximate surface area is 139 Å². The Morgan fingerprint density at radius 2 is 2.04 bits per heavy atom. The second kappa shape index (κ2) is 6.59. The lowest BCUT2D eigenvalue weighted by Gasteiger charge is -2.20. The van der Waals surface area contributed by atoms with E-state index in [1.54, 1.807) is 13.0 Å². The molecule has 1 aliphatic rings. The summed E-state index contributed by atoms with van der Waals surface area (Å²) < 4.78 is 13.6. The van der Waals surface area contributed by atoms with E-state index in [1.807, 2.05) is 6.07 Å². The van der Waals surface area contributed by atoms with Gasteiger partial charge in [0.1, 0.15) is 22.5 Å². The van der Waals surface area contributed by atoms with E-state index in [1.165, 1.54) is 17.8 Å². The highest BCUT2D eigenvalue weighted by Crippen LogP contribution is 2.36. The van der Waals surface area contributed by atoms with Gasteiger partial charge in [0.15, 0.2) is 0 Å². The fourth-order valence-corrected chi connectivity index (χ4v) is 3.92. The van der Waals surface area contributed by atoms with Gasteiger partial charge >= 0.3 is 0 Å². The van der Waals surface area contributed by atoms with Gasteiger partial charge in [-0.2, -0.15) is 5.26 Å². The number of rotatable bonds is 3. The molecule has 1 aromatic heterocycles. The third-order valence-corrected chi connectivity index (χ3v) is 5.27. The maximum absolute atomic E-state index is 13.6. The molecule has 0 spiro atoms. The smallest absolute Gasteiger partial charge is 0.230 e. The van der Waals surface area contributed by atoms with Crippen molar-refractivity contribution in [3.05, 3.63) is 51.8 Å². The highest BCUT2D eigenvalue weighted by Gasteiger charge is 2.22. The molecule has 0 atom stereocenters. The van der Waals surface area contributed by atoms with Gasteiger partial charge in [-0.1, -0.05) is 12.1 Å². The predicted octanol–water partition coefficient (Wildman–Crippen LogP) is 4.28. The lowest BCUT2D eigenvalue weighted by Crippen LogP contribution is -2.09. The van der Waals surface area contributed by atoms with Crippen molar-refractivity contribution in [3.63, 3.8) is 0 Å². The molecule has 0 radical (unpaired) electrons. The quantitative estimate of drug-likeness (QED) is 0.855. The van der Waals surface area contributed by atoms with E-state index in [0.717, 1.165) is 47.4 Å². The van der Waals surface area contributed by atoms with Crippen LogP contribution in [0.3, 0.4) is 0 Å². The first-order valence-electron chi connectivity index (χ1n) is 7.62. The summed E-state index contributed by atoms with van der Waals surface area (Å²) in [6.07, 6.45) is 3.78. The van der Waals surface area contributed by atoms with Crippen LogP contribution >= 0.6 is 11.8 Å². The summed E-state index contributed by atoms with van der Waals surface area (Å²) in [5.41, 5.74) is 3.83. The first kappa shape index (κ1) is 15.8. The predicted molar refractivity (Wildman–Crippen MR) is 88.0 cm³/mol. The molecule has 1 N–H and O–H groups in total. The van der Waals surface area contributed by atoms with Gasteiger partial charge in [0, 0.05) is 5.75 Å². The molecule has 5 heteroatoms. The maximum atomic E-state index is 13.6. The zero-order valence-corrected chi connectivity index (χ0v) is 13.7. The zero-order valence-electron chi connectivity index (χ0n) is 12.9. The number of aromatic nitrogens is 1. The summed E-state index contributed by atoms with van der Waals surface area (Å²) in [5.74, 6) is 0.189. The number of halogens is 1. The average Bonchev–Trinajstić information content (AvgIpc) is 2.56. The first-order valence-corrected chi connectivity index (χ1v) is 8.61. The minimum atomic E-state index is -0.208. The number of nitrogens with zero attached hydrogens (tertiary/aromatic N) is 2. The molecule has 118 valence electrons. The highest BCUT2D eigenvalue weighted by molar-refractivity contribution is 7.98. The maximum Gasteiger partial charge on any atom is 0.230 e. The average molecular weight is 328 g/mol. The van der Waals surface area contributed by atoms with Crippen LogP contribution < -0.4 is 0 Å². The van der Waals surface area contributed by atoms with Crippen LogP contribution in [0, 0.1) is 24.1 Å². The van der Waals surface area contributed by atoms with Crippen LogP contribution in [0.4, 0.5) is 4.39 Å². The van der Waals surface area contributed by atoms with Crippen LogP contribution in [-0.4, -0.2) is 10.1 Å². The third kappa shape index (κ3) is 3.18. The fraction of sp³-hybridized carbons (Fsp3) is 0.333. The van der Waals surface area contributed by atoms with Gasteiger partial charge in [-0.15, -0.1) is 11.8 Å². The molecule has 3 rings (SSSR count). The molecule has 3 nitrogen and oxygen atoms in total. The van der Waals surface area contributed by atoms with E-state index in [4.69, 9.17) is 0 Å². The molecule has 1 aromatic carbocycles. The van der Waals surface area contributed by atoms with Crippen LogP contribution in [0.1, 0.15) is 40.7 Å². The standard InChI is InChI=1S/C18H17FN2OS/c1-11-6-7-12(8-16(11)19)10-23-18-14-5-3-2-4-13(14)15(9-20)17(22)21-18/h6-8H,2-5,10H2,1H3,(H,21,22). The van der Waals surface area contributed by atoms with Crippen molar-refractivity contribution in [2.45, 2.75) is 43.4 Å². The number of aryl methyl sites for hydroxylation is 1. The molecule has 0 unspecified atom stereocenters. The summed E-state index contributed by atoms with van der Waals surface area (Å²) in [5, 5.41) is 20.0. The van der Waals surface area contributed by atoms with Gasteiger partial charge in [0.05, 0.1) is 0 Å². The van der Waals surface area contributed by atoms with Gasteiger partial charge in [-0.3, -0.25) is 0 Å². The highest BCUT2D eigenvalue weighted by atomic mass is 32.2. The summed E-state index contributed by atoms with van der Waals surface area (Å²) in [6, 6.07) is 7.28. The molecule has 0 saturated heterocycles. The molecule has 2 aromatic rings. The molecule has 1 aliphatic carbocycles. The number of nitriles is 1. The topological polar surface area (TPSA) is 56.9 Å². The Morgan fingerprint density at radius 1 is 1.30 bits per heavy atom. The van der Waals surface area contributed by atoms with Gasteiger partial charge < -0.3 is 5.11 Å². The number of benzene rings is 1. The van der Waals surface area contributed by atoms with E-state index < -0.39 is 0 Å². The lowest BCUT2D eigenvalue weighted by atomic mass is 9.90. The van der Waals surface area contributed by atoms with Gasteiger partial charge in [0.25, 0.3) is 0 Å². The second-order valence-corrected chi connectivity index (χ2v) is 6.73. The van der Waals surface area contributed by atoms with Gasteiger partial charge in [-0.25, -0.2) is 9.37 Å². The lowest BCUT2D eigenvalue weighted by molar-refractivity contribution is 0.442. The Bertz CT molecular complexity index is 799. The van der Waals surface area contributed by atoms with Crippen LogP contribution in [0.25, 0.3) is 0 Å². The number of thioether (sulfide) groups is 1. The van der Waals surface area contributed by atoms with E-state index in [9.17, 15) is 14.8 Å². The van der Waals surface area contributed by atoms with Crippen LogP contribution in [0.5, 0.6) is 5.88 Å². The summed E-state index contributed by atoms with van der Waals surface area (Å²) in [4.78, 5) is 4.21. The van der Waals surface area contributed by atoms with Crippen molar-refractivity contribution in [3.8, 4) is 11.9 Å². The molecular weight excluding hydrogens is 311 g/mol. The van der Waals surface area contributed by atoms with Gasteiger partial charge in [0.2, 0.25) is 5.88 Å². The Hall–Kier alpha value is -2.06. The number of aromatic hydroxyl groups is 1. The fourth-order valence-electron chi connectivity index (χ4n) is 2.89. The molecule has 0 fully saturated rings. The van der Waals surface area contributed by atoms with Crippen molar-refractivity contribution < 1.29 is 9.50 Å². The summed E-state index contributed by atoms with van der Waals surface area (Å²) in [6.45, 7) is 1.74. The van der Waals surface area contributed by atoms with E-state index in [2.05, 4.69) is 11.1 Å². The van der Waals surface area contributed by atoms with Crippen molar-refractivity contribution >= 4 is 11.8 Å². The molecule has 0 aliphatic heterocycles. The number of hydrogen-bond acceptors (Lipinski definition) is 4. The Morgan fingerprint density at radius 3 is 2.74 bits per heavy atom. The number of pyridine rings is 1.